The molecule has 0 aliphatic carbocycles. The quantitative estimate of drug-likeness (QED) is 0.846. The fourth-order valence-corrected chi connectivity index (χ4v) is 2.99. The predicted molar refractivity (Wildman–Crippen MR) is 89.8 cm³/mol. The van der Waals surface area contributed by atoms with Crippen molar-refractivity contribution in [3.8, 4) is 5.75 Å². The molecular formula is C17H23ClN2O3. The molecule has 1 heterocycles. The van der Waals surface area contributed by atoms with Gasteiger partial charge >= 0.3 is 0 Å². The van der Waals surface area contributed by atoms with Crippen LogP contribution in [0.25, 0.3) is 0 Å². The van der Waals surface area contributed by atoms with Crippen LogP contribution in [0.4, 0.5) is 0 Å². The van der Waals surface area contributed by atoms with E-state index in [0.717, 1.165) is 18.5 Å². The van der Waals surface area contributed by atoms with Gasteiger partial charge in [-0.15, -0.1) is 0 Å². The summed E-state index contributed by atoms with van der Waals surface area (Å²) in [7, 11) is 1.58. The van der Waals surface area contributed by atoms with E-state index in [-0.39, 0.29) is 18.2 Å². The molecule has 23 heavy (non-hydrogen) atoms. The molecule has 0 saturated carbocycles. The van der Waals surface area contributed by atoms with Gasteiger partial charge in [0.1, 0.15) is 5.75 Å². The number of hydrogen-bond acceptors (Lipinski definition) is 3. The molecule has 1 aromatic rings. The van der Waals surface area contributed by atoms with Crippen LogP contribution in [0.3, 0.4) is 0 Å². The summed E-state index contributed by atoms with van der Waals surface area (Å²) in [6, 6.07) is 5.28. The van der Waals surface area contributed by atoms with Crippen molar-refractivity contribution in [1.29, 1.82) is 0 Å². The van der Waals surface area contributed by atoms with Crippen LogP contribution in [-0.2, 0) is 16.0 Å². The standard InChI is InChI=1S/C17H23ClN2O3/c1-3-16(21)19-7-4-8-20(10-9-19)17(22)12-13-11-14(18)5-6-15(13)23-2/h5-6,11H,3-4,7-10,12H2,1-2H3. The van der Waals surface area contributed by atoms with Crippen molar-refractivity contribution in [3.05, 3.63) is 28.8 Å². The highest BCUT2D eigenvalue weighted by molar-refractivity contribution is 6.30. The van der Waals surface area contributed by atoms with Crippen LogP contribution in [0.1, 0.15) is 25.3 Å². The Morgan fingerprint density at radius 1 is 1.13 bits per heavy atom. The summed E-state index contributed by atoms with van der Waals surface area (Å²) in [5.41, 5.74) is 0.788. The van der Waals surface area contributed by atoms with Crippen LogP contribution in [-0.4, -0.2) is 54.9 Å². The van der Waals surface area contributed by atoms with Gasteiger partial charge in [-0.1, -0.05) is 18.5 Å². The van der Waals surface area contributed by atoms with Gasteiger partial charge in [-0.3, -0.25) is 9.59 Å². The summed E-state index contributed by atoms with van der Waals surface area (Å²) >= 11 is 6.01. The van der Waals surface area contributed by atoms with Gasteiger partial charge in [0, 0.05) is 43.2 Å². The van der Waals surface area contributed by atoms with Gasteiger partial charge in [-0.2, -0.15) is 0 Å². The molecule has 0 atom stereocenters. The lowest BCUT2D eigenvalue weighted by Gasteiger charge is -2.22. The number of methoxy groups -OCH3 is 1. The van der Waals surface area contributed by atoms with E-state index in [2.05, 4.69) is 0 Å². The minimum atomic E-state index is 0.0383. The number of carbonyl (C=O) groups excluding carboxylic acids is 2. The minimum Gasteiger partial charge on any atom is -0.496 e. The van der Waals surface area contributed by atoms with E-state index < -0.39 is 0 Å². The number of halogens is 1. The van der Waals surface area contributed by atoms with E-state index in [1.54, 1.807) is 25.3 Å². The van der Waals surface area contributed by atoms with Crippen molar-refractivity contribution >= 4 is 23.4 Å². The first-order chi connectivity index (χ1) is 11.0. The highest BCUT2D eigenvalue weighted by atomic mass is 35.5. The third-order valence-electron chi connectivity index (χ3n) is 4.09. The summed E-state index contributed by atoms with van der Waals surface area (Å²) in [4.78, 5) is 28.0. The Hall–Kier alpha value is -1.75. The van der Waals surface area contributed by atoms with E-state index in [9.17, 15) is 9.59 Å². The highest BCUT2D eigenvalue weighted by Gasteiger charge is 2.22. The average molecular weight is 339 g/mol. The SMILES string of the molecule is CCC(=O)N1CCCN(C(=O)Cc2cc(Cl)ccc2OC)CC1. The van der Waals surface area contributed by atoms with Gasteiger partial charge in [-0.05, 0) is 24.6 Å². The number of rotatable bonds is 4. The lowest BCUT2D eigenvalue weighted by molar-refractivity contribution is -0.133. The Balaban J connectivity index is 2.01. The molecular weight excluding hydrogens is 316 g/mol. The Bertz CT molecular complexity index is 577. The van der Waals surface area contributed by atoms with E-state index in [1.807, 2.05) is 16.7 Å². The maximum absolute atomic E-state index is 12.6. The van der Waals surface area contributed by atoms with E-state index >= 15 is 0 Å². The predicted octanol–water partition coefficient (Wildman–Crippen LogP) is 2.36. The molecule has 1 saturated heterocycles. The molecule has 2 amide bonds. The zero-order valence-corrected chi connectivity index (χ0v) is 14.4. The average Bonchev–Trinajstić information content (AvgIpc) is 2.80. The summed E-state index contributed by atoms with van der Waals surface area (Å²) in [5.74, 6) is 0.854. The zero-order valence-electron chi connectivity index (χ0n) is 13.7. The Labute approximate surface area is 142 Å². The monoisotopic (exact) mass is 338 g/mol. The van der Waals surface area contributed by atoms with Gasteiger partial charge in [-0.25, -0.2) is 0 Å². The van der Waals surface area contributed by atoms with Crippen molar-refractivity contribution in [2.75, 3.05) is 33.3 Å². The van der Waals surface area contributed by atoms with Gasteiger partial charge in [0.15, 0.2) is 0 Å². The molecule has 2 rings (SSSR count). The topological polar surface area (TPSA) is 49.9 Å². The molecule has 0 bridgehead atoms. The van der Waals surface area contributed by atoms with Gasteiger partial charge in [0.05, 0.1) is 13.5 Å². The molecule has 0 spiro atoms. The summed E-state index contributed by atoms with van der Waals surface area (Å²) in [5, 5.41) is 0.587. The summed E-state index contributed by atoms with van der Waals surface area (Å²) in [6.07, 6.45) is 1.57. The molecule has 0 aromatic heterocycles. The molecule has 1 aromatic carbocycles. The lowest BCUT2D eigenvalue weighted by Crippen LogP contribution is -2.37. The largest absolute Gasteiger partial charge is 0.496 e. The lowest BCUT2D eigenvalue weighted by atomic mass is 10.1. The fraction of sp³-hybridized carbons (Fsp3) is 0.529. The fourth-order valence-electron chi connectivity index (χ4n) is 2.80. The van der Waals surface area contributed by atoms with Crippen molar-refractivity contribution in [2.45, 2.75) is 26.2 Å². The zero-order chi connectivity index (χ0) is 16.8. The van der Waals surface area contributed by atoms with Crippen LogP contribution < -0.4 is 4.74 Å². The van der Waals surface area contributed by atoms with Crippen molar-refractivity contribution in [3.63, 3.8) is 0 Å². The number of hydrogen-bond donors (Lipinski definition) is 0. The molecule has 0 unspecified atom stereocenters. The molecule has 1 fully saturated rings. The normalized spacial score (nSPS) is 15.3. The van der Waals surface area contributed by atoms with E-state index in [0.29, 0.717) is 36.8 Å². The van der Waals surface area contributed by atoms with Gasteiger partial charge in [0.25, 0.3) is 0 Å². The molecule has 6 heteroatoms. The molecule has 1 aliphatic rings. The second kappa shape index (κ2) is 8.20. The maximum atomic E-state index is 12.6. The Morgan fingerprint density at radius 2 is 1.78 bits per heavy atom. The van der Waals surface area contributed by atoms with E-state index in [4.69, 9.17) is 16.3 Å². The van der Waals surface area contributed by atoms with Crippen molar-refractivity contribution in [1.82, 2.24) is 9.80 Å². The Morgan fingerprint density at radius 3 is 2.39 bits per heavy atom. The van der Waals surface area contributed by atoms with Gasteiger partial charge < -0.3 is 14.5 Å². The molecule has 0 radical (unpaired) electrons. The van der Waals surface area contributed by atoms with Crippen LogP contribution in [0.15, 0.2) is 18.2 Å². The van der Waals surface area contributed by atoms with Gasteiger partial charge in [0.2, 0.25) is 11.8 Å². The molecule has 0 N–H and O–H groups in total. The third-order valence-corrected chi connectivity index (χ3v) is 4.32. The first kappa shape index (κ1) is 17.6. The van der Waals surface area contributed by atoms with Crippen LogP contribution in [0.2, 0.25) is 5.02 Å². The number of amides is 2. The van der Waals surface area contributed by atoms with Crippen molar-refractivity contribution in [2.24, 2.45) is 0 Å². The minimum absolute atomic E-state index is 0.0383. The van der Waals surface area contributed by atoms with Crippen LogP contribution in [0.5, 0.6) is 5.75 Å². The first-order valence-corrected chi connectivity index (χ1v) is 8.31. The Kier molecular flexibility index (Phi) is 6.28. The molecule has 5 nitrogen and oxygen atoms in total. The highest BCUT2D eigenvalue weighted by Crippen LogP contribution is 2.23. The molecule has 126 valence electrons. The maximum Gasteiger partial charge on any atom is 0.227 e. The van der Waals surface area contributed by atoms with Crippen LogP contribution in [0, 0.1) is 0 Å². The third kappa shape index (κ3) is 4.61. The first-order valence-electron chi connectivity index (χ1n) is 7.93. The number of nitrogens with zero attached hydrogens (tertiary/aromatic N) is 2. The van der Waals surface area contributed by atoms with E-state index in [1.165, 1.54) is 0 Å². The van der Waals surface area contributed by atoms with Crippen molar-refractivity contribution < 1.29 is 14.3 Å². The molecule has 1 aliphatic heterocycles. The smallest absolute Gasteiger partial charge is 0.227 e. The number of carbonyl (C=O) groups is 2. The second-order valence-corrected chi connectivity index (χ2v) is 6.04. The number of ether oxygens (including phenoxy) is 1. The van der Waals surface area contributed by atoms with Crippen LogP contribution >= 0.6 is 11.6 Å². The second-order valence-electron chi connectivity index (χ2n) is 5.60. The number of benzene rings is 1. The summed E-state index contributed by atoms with van der Waals surface area (Å²) in [6.45, 7) is 4.44. The summed E-state index contributed by atoms with van der Waals surface area (Å²) < 4.78 is 5.29.